The van der Waals surface area contributed by atoms with Crippen molar-refractivity contribution in [3.63, 3.8) is 0 Å². The first kappa shape index (κ1) is 23.7. The molecule has 1 unspecified atom stereocenters. The second kappa shape index (κ2) is 10.3. The number of carbonyl (C=O) groups is 2. The minimum Gasteiger partial charge on any atom is -0.344 e. The van der Waals surface area contributed by atoms with Crippen LogP contribution in [0.3, 0.4) is 0 Å². The van der Waals surface area contributed by atoms with Gasteiger partial charge >= 0.3 is 0 Å². The topological polar surface area (TPSA) is 49.4 Å². The monoisotopic (exact) mass is 494 g/mol. The lowest BCUT2D eigenvalue weighted by atomic mass is 9.88. The Balaban J connectivity index is 1.26. The number of hydrogen-bond acceptors (Lipinski definition) is 3. The van der Waals surface area contributed by atoms with Gasteiger partial charge in [-0.1, -0.05) is 24.3 Å². The average Bonchev–Trinajstić information content (AvgIpc) is 3.41. The van der Waals surface area contributed by atoms with E-state index in [-0.39, 0.29) is 23.4 Å². The van der Waals surface area contributed by atoms with Crippen molar-refractivity contribution in [1.29, 1.82) is 0 Å². The molecule has 35 heavy (non-hydrogen) atoms. The molecule has 2 heterocycles. The summed E-state index contributed by atoms with van der Waals surface area (Å²) in [6.07, 6.45) is 5.63. The Hall–Kier alpha value is -3.06. The van der Waals surface area contributed by atoms with Crippen LogP contribution in [-0.4, -0.2) is 29.8 Å². The van der Waals surface area contributed by atoms with Crippen molar-refractivity contribution in [2.24, 2.45) is 5.92 Å². The standard InChI is InChI=1S/C28H28F2N2O2S/c29-22-9-10-23(24(30)17-22)28(34)32-13-11-19(12-14-32)27(33)31-26(25-6-3-15-35-25)21-8-7-18-4-1-2-5-20(18)16-21/h3,6-10,15-17,19,26H,1-2,4-5,11-14H2,(H,31,33). The van der Waals surface area contributed by atoms with Crippen molar-refractivity contribution in [3.05, 3.63) is 92.7 Å². The Morgan fingerprint density at radius 1 is 0.971 bits per heavy atom. The summed E-state index contributed by atoms with van der Waals surface area (Å²) in [7, 11) is 0. The molecule has 3 aromatic rings. The van der Waals surface area contributed by atoms with E-state index in [0.717, 1.165) is 35.4 Å². The van der Waals surface area contributed by atoms with E-state index in [2.05, 4.69) is 23.5 Å². The van der Waals surface area contributed by atoms with Gasteiger partial charge in [0.2, 0.25) is 5.91 Å². The molecule has 0 bridgehead atoms. The number of halogens is 2. The predicted molar refractivity (Wildman–Crippen MR) is 132 cm³/mol. The quantitative estimate of drug-likeness (QED) is 0.497. The number of nitrogens with zero attached hydrogens (tertiary/aromatic N) is 1. The van der Waals surface area contributed by atoms with Gasteiger partial charge in [0.05, 0.1) is 11.6 Å². The van der Waals surface area contributed by atoms with E-state index in [1.807, 2.05) is 17.5 Å². The van der Waals surface area contributed by atoms with Crippen molar-refractivity contribution in [1.82, 2.24) is 10.2 Å². The summed E-state index contributed by atoms with van der Waals surface area (Å²) in [5, 5.41) is 5.29. The summed E-state index contributed by atoms with van der Waals surface area (Å²) in [4.78, 5) is 28.6. The largest absolute Gasteiger partial charge is 0.344 e. The van der Waals surface area contributed by atoms with Crippen LogP contribution in [0, 0.1) is 17.6 Å². The molecular formula is C28H28F2N2O2S. The lowest BCUT2D eigenvalue weighted by Gasteiger charge is -2.32. The first-order chi connectivity index (χ1) is 17.0. The molecule has 1 aliphatic heterocycles. The second-order valence-electron chi connectivity index (χ2n) is 9.38. The fourth-order valence-electron chi connectivity index (χ4n) is 5.15. The molecule has 2 aliphatic rings. The van der Waals surface area contributed by atoms with Crippen LogP contribution in [0.1, 0.15) is 63.7 Å². The number of fused-ring (bicyclic) bond motifs is 1. The highest BCUT2D eigenvalue weighted by atomic mass is 32.1. The molecule has 182 valence electrons. The van der Waals surface area contributed by atoms with E-state index in [1.54, 1.807) is 16.2 Å². The van der Waals surface area contributed by atoms with Gasteiger partial charge in [-0.05, 0) is 78.8 Å². The zero-order valence-corrected chi connectivity index (χ0v) is 20.3. The number of benzene rings is 2. The summed E-state index contributed by atoms with van der Waals surface area (Å²) in [5.74, 6) is -2.29. The lowest BCUT2D eigenvalue weighted by molar-refractivity contribution is -0.126. The van der Waals surface area contributed by atoms with Crippen molar-refractivity contribution < 1.29 is 18.4 Å². The van der Waals surface area contributed by atoms with Crippen LogP contribution < -0.4 is 5.32 Å². The minimum atomic E-state index is -0.862. The predicted octanol–water partition coefficient (Wildman–Crippen LogP) is 5.66. The van der Waals surface area contributed by atoms with Gasteiger partial charge in [0.15, 0.2) is 0 Å². The Morgan fingerprint density at radius 2 is 1.74 bits per heavy atom. The van der Waals surface area contributed by atoms with Crippen LogP contribution in [0.25, 0.3) is 0 Å². The van der Waals surface area contributed by atoms with Crippen LogP contribution in [-0.2, 0) is 17.6 Å². The van der Waals surface area contributed by atoms with Gasteiger partial charge in [-0.2, -0.15) is 0 Å². The number of aryl methyl sites for hydroxylation is 2. The van der Waals surface area contributed by atoms with Crippen LogP contribution >= 0.6 is 11.3 Å². The Labute approximate surface area is 208 Å². The summed E-state index contributed by atoms with van der Waals surface area (Å²) < 4.78 is 27.3. The number of nitrogens with one attached hydrogen (secondary N) is 1. The van der Waals surface area contributed by atoms with E-state index < -0.39 is 17.5 Å². The molecular weight excluding hydrogens is 466 g/mol. The van der Waals surface area contributed by atoms with Gasteiger partial charge in [0.1, 0.15) is 11.6 Å². The Bertz CT molecular complexity index is 1220. The van der Waals surface area contributed by atoms with E-state index in [0.29, 0.717) is 25.9 Å². The molecule has 1 aliphatic carbocycles. The molecule has 4 nitrogen and oxygen atoms in total. The number of carbonyl (C=O) groups excluding carboxylic acids is 2. The van der Waals surface area contributed by atoms with E-state index >= 15 is 0 Å². The van der Waals surface area contributed by atoms with Gasteiger partial charge in [0, 0.05) is 30.0 Å². The van der Waals surface area contributed by atoms with Crippen molar-refractivity contribution >= 4 is 23.2 Å². The molecule has 1 N–H and O–H groups in total. The van der Waals surface area contributed by atoms with Crippen LogP contribution in [0.4, 0.5) is 8.78 Å². The highest BCUT2D eigenvalue weighted by molar-refractivity contribution is 7.10. The molecule has 1 fully saturated rings. The maximum Gasteiger partial charge on any atom is 0.256 e. The second-order valence-corrected chi connectivity index (χ2v) is 10.4. The highest BCUT2D eigenvalue weighted by Crippen LogP contribution is 2.31. The Kier molecular flexibility index (Phi) is 6.95. The van der Waals surface area contributed by atoms with Gasteiger partial charge < -0.3 is 10.2 Å². The van der Waals surface area contributed by atoms with Crippen LogP contribution in [0.15, 0.2) is 53.9 Å². The maximum absolute atomic E-state index is 14.1. The third-order valence-electron chi connectivity index (χ3n) is 7.13. The third-order valence-corrected chi connectivity index (χ3v) is 8.07. The number of thiophene rings is 1. The highest BCUT2D eigenvalue weighted by Gasteiger charge is 2.31. The first-order valence-corrected chi connectivity index (χ1v) is 13.1. The number of piperidine rings is 1. The fraction of sp³-hybridized carbons (Fsp3) is 0.357. The zero-order valence-electron chi connectivity index (χ0n) is 19.4. The third kappa shape index (κ3) is 5.15. The van der Waals surface area contributed by atoms with Gasteiger partial charge in [0.25, 0.3) is 5.91 Å². The van der Waals surface area contributed by atoms with Crippen molar-refractivity contribution in [3.8, 4) is 0 Å². The SMILES string of the molecule is O=C(NC(c1ccc2c(c1)CCCC2)c1cccs1)C1CCN(C(=O)c2ccc(F)cc2F)CC1. The van der Waals surface area contributed by atoms with Crippen molar-refractivity contribution in [2.45, 2.75) is 44.6 Å². The Morgan fingerprint density at radius 3 is 2.46 bits per heavy atom. The van der Waals surface area contributed by atoms with Gasteiger partial charge in [-0.25, -0.2) is 8.78 Å². The summed E-state index contributed by atoms with van der Waals surface area (Å²) >= 11 is 1.63. The van der Waals surface area contributed by atoms with Gasteiger partial charge in [-0.15, -0.1) is 11.3 Å². The van der Waals surface area contributed by atoms with E-state index in [9.17, 15) is 18.4 Å². The lowest BCUT2D eigenvalue weighted by Crippen LogP contribution is -2.44. The van der Waals surface area contributed by atoms with Crippen LogP contribution in [0.5, 0.6) is 0 Å². The average molecular weight is 495 g/mol. The zero-order chi connectivity index (χ0) is 24.4. The molecule has 5 rings (SSSR count). The molecule has 2 amide bonds. The molecule has 0 saturated carbocycles. The van der Waals surface area contributed by atoms with E-state index in [4.69, 9.17) is 0 Å². The van der Waals surface area contributed by atoms with Gasteiger partial charge in [-0.3, -0.25) is 9.59 Å². The number of likely N-dealkylation sites (tertiary alicyclic amines) is 1. The van der Waals surface area contributed by atoms with Crippen LogP contribution in [0.2, 0.25) is 0 Å². The summed E-state index contributed by atoms with van der Waals surface area (Å²) in [6, 6.07) is 13.4. The molecule has 1 atom stereocenters. The molecule has 2 aromatic carbocycles. The number of hydrogen-bond donors (Lipinski definition) is 1. The normalized spacial score (nSPS) is 17.0. The summed E-state index contributed by atoms with van der Waals surface area (Å²) in [5.41, 5.74) is 3.75. The van der Waals surface area contributed by atoms with Crippen molar-refractivity contribution in [2.75, 3.05) is 13.1 Å². The summed E-state index contributed by atoms with van der Waals surface area (Å²) in [6.45, 7) is 0.715. The maximum atomic E-state index is 14.1. The number of rotatable bonds is 5. The first-order valence-electron chi connectivity index (χ1n) is 12.2. The fourth-order valence-corrected chi connectivity index (χ4v) is 5.95. The van der Waals surface area contributed by atoms with E-state index in [1.165, 1.54) is 30.0 Å². The molecule has 1 aromatic heterocycles. The smallest absolute Gasteiger partial charge is 0.256 e. The molecule has 0 spiro atoms. The molecule has 1 saturated heterocycles. The molecule has 7 heteroatoms. The number of amides is 2. The minimum absolute atomic E-state index is 0.0267. The molecule has 0 radical (unpaired) electrons.